The van der Waals surface area contributed by atoms with Gasteiger partial charge in [0.15, 0.2) is 0 Å². The summed E-state index contributed by atoms with van der Waals surface area (Å²) in [6, 6.07) is 48.3. The van der Waals surface area contributed by atoms with Crippen molar-refractivity contribution in [3.8, 4) is 22.3 Å². The molecular formula is C43H30BN. The summed E-state index contributed by atoms with van der Waals surface area (Å²) in [5.41, 5.74) is 17.4. The van der Waals surface area contributed by atoms with Gasteiger partial charge in [0.05, 0.1) is 5.69 Å². The number of fused-ring (bicyclic) bond motifs is 5. The summed E-state index contributed by atoms with van der Waals surface area (Å²) in [4.78, 5) is 2.54. The second-order valence-electron chi connectivity index (χ2n) is 13.1. The monoisotopic (exact) mass is 571 g/mol. The molecule has 45 heavy (non-hydrogen) atoms. The van der Waals surface area contributed by atoms with Gasteiger partial charge in [-0.15, -0.1) is 0 Å². The molecule has 0 aromatic heterocycles. The third-order valence-corrected chi connectivity index (χ3v) is 10.5. The van der Waals surface area contributed by atoms with Gasteiger partial charge in [-0.05, 0) is 116 Å². The molecule has 10 rings (SSSR count). The fourth-order valence-corrected chi connectivity index (χ4v) is 8.84. The minimum Gasteiger partial charge on any atom is -0.311 e. The van der Waals surface area contributed by atoms with Crippen LogP contribution in [0.25, 0.3) is 54.6 Å². The summed E-state index contributed by atoms with van der Waals surface area (Å²) in [5.74, 6) is 0. The standard InChI is InChI=1S/C43H30BN/c1-25-22-26(2)40(27(3)23-25)31-17-20-35-34(24-31)32-10-7-13-39-43(32)44(35)36-11-4-5-12-38(36)45(39)37-21-18-30-15-14-28-8-6-9-29-16-19-33(37)42(30)41(28)29/h4-24H,1-3H3. The van der Waals surface area contributed by atoms with Crippen molar-refractivity contribution in [3.05, 3.63) is 144 Å². The van der Waals surface area contributed by atoms with Crippen LogP contribution < -0.4 is 21.3 Å². The molecule has 0 radical (unpaired) electrons. The third kappa shape index (κ3) is 3.29. The summed E-state index contributed by atoms with van der Waals surface area (Å²) in [6.07, 6.45) is 0. The van der Waals surface area contributed by atoms with Gasteiger partial charge < -0.3 is 4.90 Å². The van der Waals surface area contributed by atoms with Crippen LogP contribution in [0.2, 0.25) is 0 Å². The second kappa shape index (κ2) is 8.86. The van der Waals surface area contributed by atoms with Crippen molar-refractivity contribution >= 4 is 72.5 Å². The summed E-state index contributed by atoms with van der Waals surface area (Å²) in [5, 5.41) is 7.90. The highest BCUT2D eigenvalue weighted by molar-refractivity contribution is 7.01. The zero-order valence-corrected chi connectivity index (χ0v) is 25.6. The van der Waals surface area contributed by atoms with Crippen LogP contribution in [0, 0.1) is 20.8 Å². The SMILES string of the molecule is Cc1cc(C)c(-c2ccc3c(c2)-c2cccc4c2B3c2ccccc2N4c2ccc3ccc4cccc5ccc2c3c45)c(C)c1. The molecule has 0 amide bonds. The van der Waals surface area contributed by atoms with E-state index in [-0.39, 0.29) is 6.71 Å². The number of anilines is 3. The molecular weight excluding hydrogens is 541 g/mol. The van der Waals surface area contributed by atoms with Gasteiger partial charge in [-0.1, -0.05) is 114 Å². The van der Waals surface area contributed by atoms with E-state index in [1.165, 1.54) is 105 Å². The molecule has 0 saturated heterocycles. The van der Waals surface area contributed by atoms with Crippen LogP contribution in [-0.2, 0) is 0 Å². The maximum atomic E-state index is 2.54. The van der Waals surface area contributed by atoms with E-state index in [0.717, 1.165) is 0 Å². The Labute approximate surface area is 263 Å². The zero-order chi connectivity index (χ0) is 30.0. The second-order valence-corrected chi connectivity index (χ2v) is 13.1. The molecule has 2 heterocycles. The van der Waals surface area contributed by atoms with Gasteiger partial charge >= 0.3 is 0 Å². The molecule has 1 nitrogen and oxygen atoms in total. The highest BCUT2D eigenvalue weighted by atomic mass is 15.2. The van der Waals surface area contributed by atoms with Crippen LogP contribution in [0.5, 0.6) is 0 Å². The minimum absolute atomic E-state index is 0.215. The van der Waals surface area contributed by atoms with Crippen LogP contribution in [0.15, 0.2) is 127 Å². The zero-order valence-electron chi connectivity index (χ0n) is 25.6. The molecule has 0 unspecified atom stereocenters. The molecule has 210 valence electrons. The lowest BCUT2D eigenvalue weighted by Gasteiger charge is -2.36. The first-order chi connectivity index (χ1) is 22.1. The normalized spacial score (nSPS) is 13.1. The summed E-state index contributed by atoms with van der Waals surface area (Å²) < 4.78 is 0. The summed E-state index contributed by atoms with van der Waals surface area (Å²) in [7, 11) is 0. The van der Waals surface area contributed by atoms with Crippen molar-refractivity contribution in [2.24, 2.45) is 0 Å². The topological polar surface area (TPSA) is 3.24 Å². The van der Waals surface area contributed by atoms with E-state index in [0.29, 0.717) is 0 Å². The minimum atomic E-state index is 0.215. The predicted octanol–water partition coefficient (Wildman–Crippen LogP) is 9.46. The number of hydrogen-bond acceptors (Lipinski definition) is 1. The highest BCUT2D eigenvalue weighted by Crippen LogP contribution is 2.46. The average molecular weight is 572 g/mol. The van der Waals surface area contributed by atoms with Crippen LogP contribution in [0.1, 0.15) is 16.7 Å². The first-order valence-corrected chi connectivity index (χ1v) is 16.0. The lowest BCUT2D eigenvalue weighted by molar-refractivity contribution is 1.31. The predicted molar refractivity (Wildman–Crippen MR) is 195 cm³/mol. The Balaban J connectivity index is 1.24. The van der Waals surface area contributed by atoms with Crippen molar-refractivity contribution < 1.29 is 0 Å². The number of hydrogen-bond donors (Lipinski definition) is 0. The largest absolute Gasteiger partial charge is 0.311 e. The molecule has 2 aliphatic rings. The van der Waals surface area contributed by atoms with Crippen molar-refractivity contribution in [2.75, 3.05) is 4.90 Å². The Morgan fingerprint density at radius 1 is 0.489 bits per heavy atom. The van der Waals surface area contributed by atoms with E-state index < -0.39 is 0 Å². The van der Waals surface area contributed by atoms with Crippen molar-refractivity contribution in [1.82, 2.24) is 0 Å². The van der Waals surface area contributed by atoms with E-state index in [9.17, 15) is 0 Å². The maximum absolute atomic E-state index is 2.54. The van der Waals surface area contributed by atoms with E-state index in [1.807, 2.05) is 0 Å². The average Bonchev–Trinajstić information content (AvgIpc) is 3.39. The molecule has 0 fully saturated rings. The summed E-state index contributed by atoms with van der Waals surface area (Å²) >= 11 is 0. The van der Waals surface area contributed by atoms with Crippen molar-refractivity contribution in [1.29, 1.82) is 0 Å². The molecule has 0 atom stereocenters. The molecule has 2 aliphatic heterocycles. The van der Waals surface area contributed by atoms with Gasteiger partial charge in [-0.25, -0.2) is 0 Å². The number of para-hydroxylation sites is 1. The number of benzene rings is 8. The molecule has 8 aromatic rings. The molecule has 8 aromatic carbocycles. The highest BCUT2D eigenvalue weighted by Gasteiger charge is 2.42. The molecule has 0 saturated carbocycles. The van der Waals surface area contributed by atoms with Gasteiger partial charge in [0.2, 0.25) is 6.71 Å². The van der Waals surface area contributed by atoms with Crippen LogP contribution in [-0.4, -0.2) is 6.71 Å². The van der Waals surface area contributed by atoms with Crippen LogP contribution in [0.3, 0.4) is 0 Å². The lowest BCUT2D eigenvalue weighted by atomic mass is 9.37. The van der Waals surface area contributed by atoms with Gasteiger partial charge in [0, 0.05) is 16.8 Å². The molecule has 0 aliphatic carbocycles. The van der Waals surface area contributed by atoms with Gasteiger partial charge in [0.1, 0.15) is 0 Å². The van der Waals surface area contributed by atoms with E-state index in [4.69, 9.17) is 0 Å². The van der Waals surface area contributed by atoms with Crippen LogP contribution >= 0.6 is 0 Å². The van der Waals surface area contributed by atoms with E-state index in [2.05, 4.69) is 153 Å². The Hall–Kier alpha value is -5.34. The first kappa shape index (κ1) is 25.0. The van der Waals surface area contributed by atoms with Gasteiger partial charge in [-0.3, -0.25) is 0 Å². The fourth-order valence-electron chi connectivity index (χ4n) is 8.84. The summed E-state index contributed by atoms with van der Waals surface area (Å²) in [6.45, 7) is 6.90. The van der Waals surface area contributed by atoms with Crippen molar-refractivity contribution in [3.63, 3.8) is 0 Å². The first-order valence-electron chi connectivity index (χ1n) is 16.0. The third-order valence-electron chi connectivity index (χ3n) is 10.5. The molecule has 0 N–H and O–H groups in total. The Morgan fingerprint density at radius 2 is 1.18 bits per heavy atom. The van der Waals surface area contributed by atoms with E-state index >= 15 is 0 Å². The van der Waals surface area contributed by atoms with Gasteiger partial charge in [-0.2, -0.15) is 0 Å². The van der Waals surface area contributed by atoms with E-state index in [1.54, 1.807) is 0 Å². The molecule has 0 spiro atoms. The fraction of sp³-hybridized carbons (Fsp3) is 0.0698. The number of nitrogens with zero attached hydrogens (tertiary/aromatic N) is 1. The lowest BCUT2D eigenvalue weighted by Crippen LogP contribution is -2.54. The smallest absolute Gasteiger partial charge is 0.248 e. The molecule has 0 bridgehead atoms. The van der Waals surface area contributed by atoms with Gasteiger partial charge in [0.25, 0.3) is 0 Å². The van der Waals surface area contributed by atoms with Crippen molar-refractivity contribution in [2.45, 2.75) is 20.8 Å². The number of rotatable bonds is 2. The molecule has 2 heteroatoms. The Kier molecular flexibility index (Phi) is 4.93. The quantitative estimate of drug-likeness (QED) is 0.148. The Bertz CT molecular complexity index is 2500. The van der Waals surface area contributed by atoms with Crippen LogP contribution in [0.4, 0.5) is 17.1 Å². The Morgan fingerprint density at radius 3 is 2.00 bits per heavy atom. The maximum Gasteiger partial charge on any atom is 0.248 e. The number of aryl methyl sites for hydroxylation is 3.